The maximum atomic E-state index is 13.4. The van der Waals surface area contributed by atoms with E-state index in [2.05, 4.69) is 15.1 Å². The molecule has 0 saturated carbocycles. The van der Waals surface area contributed by atoms with Crippen LogP contribution >= 0.6 is 0 Å². The maximum Gasteiger partial charge on any atom is 0.490 e. The number of hydrogen-bond donors (Lipinski definition) is 3. The largest absolute Gasteiger partial charge is 0.507 e. The zero-order valence-corrected chi connectivity index (χ0v) is 14.4. The number of H-pyrrole nitrogens is 1. The van der Waals surface area contributed by atoms with Gasteiger partial charge in [-0.1, -0.05) is 0 Å². The molecule has 4 aromatic rings. The Hall–Kier alpha value is -3.89. The maximum absolute atomic E-state index is 13.4. The number of benzene rings is 1. The lowest BCUT2D eigenvalue weighted by molar-refractivity contribution is -0.192. The van der Waals surface area contributed by atoms with Crippen molar-refractivity contribution in [3.63, 3.8) is 0 Å². The third-order valence-corrected chi connectivity index (χ3v) is 3.75. The average Bonchev–Trinajstić information content (AvgIpc) is 3.32. The molecule has 0 aliphatic rings. The first kappa shape index (κ1) is 19.9. The number of hydrogen-bond acceptors (Lipinski definition) is 4. The first-order chi connectivity index (χ1) is 13.7. The number of aromatic nitrogens is 4. The van der Waals surface area contributed by atoms with Crippen molar-refractivity contribution < 1.29 is 32.6 Å². The number of carboxylic acids is 1. The summed E-state index contributed by atoms with van der Waals surface area (Å²) < 4.78 is 46.8. The van der Waals surface area contributed by atoms with Crippen molar-refractivity contribution in [1.29, 1.82) is 0 Å². The number of nitrogens with one attached hydrogen (secondary N) is 1. The van der Waals surface area contributed by atoms with Gasteiger partial charge in [-0.25, -0.2) is 18.9 Å². The van der Waals surface area contributed by atoms with Crippen LogP contribution in [0, 0.1) is 5.82 Å². The minimum Gasteiger partial charge on any atom is -0.507 e. The van der Waals surface area contributed by atoms with Gasteiger partial charge in [0.15, 0.2) is 0 Å². The lowest BCUT2D eigenvalue weighted by atomic mass is 10.1. The van der Waals surface area contributed by atoms with Crippen LogP contribution in [0.5, 0.6) is 5.75 Å². The highest BCUT2D eigenvalue weighted by atomic mass is 19.4. The molecule has 1 aromatic carbocycles. The fraction of sp³-hybridized carbons (Fsp3) is 0.0556. The summed E-state index contributed by atoms with van der Waals surface area (Å²) in [6, 6.07) is 9.29. The van der Waals surface area contributed by atoms with Crippen LogP contribution < -0.4 is 0 Å². The summed E-state index contributed by atoms with van der Waals surface area (Å²) in [4.78, 5) is 16.2. The van der Waals surface area contributed by atoms with E-state index < -0.39 is 18.0 Å². The second-order valence-corrected chi connectivity index (χ2v) is 5.68. The predicted molar refractivity (Wildman–Crippen MR) is 94.0 cm³/mol. The smallest absolute Gasteiger partial charge is 0.490 e. The lowest BCUT2D eigenvalue weighted by Crippen LogP contribution is -2.21. The highest BCUT2D eigenvalue weighted by Crippen LogP contribution is 2.29. The number of rotatable bonds is 2. The second kappa shape index (κ2) is 7.62. The molecule has 0 aliphatic carbocycles. The number of halogens is 4. The van der Waals surface area contributed by atoms with E-state index in [1.165, 1.54) is 18.2 Å². The minimum atomic E-state index is -5.08. The average molecular weight is 408 g/mol. The van der Waals surface area contributed by atoms with E-state index in [1.54, 1.807) is 23.1 Å². The lowest BCUT2D eigenvalue weighted by Gasteiger charge is -2.04. The van der Waals surface area contributed by atoms with Crippen molar-refractivity contribution >= 4 is 17.0 Å². The fourth-order valence-corrected chi connectivity index (χ4v) is 2.46. The number of carbonyl (C=O) groups is 1. The Kier molecular flexibility index (Phi) is 5.22. The molecule has 0 fully saturated rings. The second-order valence-electron chi connectivity index (χ2n) is 5.68. The number of aliphatic carboxylic acids is 1. The van der Waals surface area contributed by atoms with E-state index in [-0.39, 0.29) is 5.75 Å². The van der Waals surface area contributed by atoms with Crippen molar-refractivity contribution in [3.05, 3.63) is 60.8 Å². The summed E-state index contributed by atoms with van der Waals surface area (Å²) in [7, 11) is 0. The number of pyridine rings is 1. The first-order valence-corrected chi connectivity index (χ1v) is 7.94. The molecule has 0 atom stereocenters. The van der Waals surface area contributed by atoms with E-state index in [4.69, 9.17) is 9.90 Å². The molecule has 0 bridgehead atoms. The molecular weight excluding hydrogens is 396 g/mol. The van der Waals surface area contributed by atoms with Crippen molar-refractivity contribution in [2.45, 2.75) is 6.18 Å². The molecule has 4 rings (SSSR count). The molecule has 150 valence electrons. The SMILES string of the molecule is O=C(O)C(F)(F)F.Oc1ccc(F)cc1-c1ccn(-c2ccnc3[nH]ccc23)n1. The van der Waals surface area contributed by atoms with Gasteiger partial charge in [-0.05, 0) is 36.4 Å². The van der Waals surface area contributed by atoms with E-state index in [9.17, 15) is 22.7 Å². The molecule has 0 spiro atoms. The van der Waals surface area contributed by atoms with Crippen LogP contribution in [-0.4, -0.2) is 42.1 Å². The van der Waals surface area contributed by atoms with Crippen LogP contribution in [0.3, 0.4) is 0 Å². The number of phenolic OH excluding ortho intramolecular Hbond substituents is 1. The number of carboxylic acid groups (broad SMARTS) is 1. The molecule has 11 heteroatoms. The summed E-state index contributed by atoms with van der Waals surface area (Å²) in [5.74, 6) is -3.18. The van der Waals surface area contributed by atoms with Gasteiger partial charge in [0, 0.05) is 29.5 Å². The minimum absolute atomic E-state index is 0.00632. The highest BCUT2D eigenvalue weighted by Gasteiger charge is 2.38. The Morgan fingerprint density at radius 1 is 1.14 bits per heavy atom. The molecule has 7 nitrogen and oxygen atoms in total. The summed E-state index contributed by atoms with van der Waals surface area (Å²) in [6.07, 6.45) is 0.181. The Morgan fingerprint density at radius 3 is 2.55 bits per heavy atom. The Balaban J connectivity index is 0.000000298. The summed E-state index contributed by atoms with van der Waals surface area (Å²) >= 11 is 0. The molecule has 3 aromatic heterocycles. The Morgan fingerprint density at radius 2 is 1.86 bits per heavy atom. The number of aromatic amines is 1. The van der Waals surface area contributed by atoms with Gasteiger partial charge in [0.2, 0.25) is 0 Å². The van der Waals surface area contributed by atoms with E-state index in [0.717, 1.165) is 16.7 Å². The summed E-state index contributed by atoms with van der Waals surface area (Å²) in [5, 5.41) is 22.4. The van der Waals surface area contributed by atoms with Crippen LogP contribution in [0.15, 0.2) is 55.0 Å². The fourth-order valence-electron chi connectivity index (χ4n) is 2.46. The number of aromatic hydroxyl groups is 1. The molecule has 0 amide bonds. The van der Waals surface area contributed by atoms with E-state index in [0.29, 0.717) is 11.3 Å². The van der Waals surface area contributed by atoms with Crippen LogP contribution in [0.4, 0.5) is 17.6 Å². The normalized spacial score (nSPS) is 11.2. The van der Waals surface area contributed by atoms with Crippen LogP contribution in [0.1, 0.15) is 0 Å². The summed E-state index contributed by atoms with van der Waals surface area (Å²) in [6.45, 7) is 0. The van der Waals surface area contributed by atoms with Gasteiger partial charge in [0.25, 0.3) is 0 Å². The van der Waals surface area contributed by atoms with Gasteiger partial charge >= 0.3 is 12.1 Å². The Bertz CT molecular complexity index is 1170. The van der Waals surface area contributed by atoms with E-state index >= 15 is 0 Å². The molecule has 0 unspecified atom stereocenters. The molecular formula is C18H12F4N4O3. The van der Waals surface area contributed by atoms with Crippen LogP contribution in [-0.2, 0) is 4.79 Å². The third kappa shape index (κ3) is 4.34. The number of nitrogens with zero attached hydrogens (tertiary/aromatic N) is 3. The van der Waals surface area contributed by atoms with Crippen LogP contribution in [0.25, 0.3) is 28.0 Å². The van der Waals surface area contributed by atoms with Crippen molar-refractivity contribution in [2.24, 2.45) is 0 Å². The predicted octanol–water partition coefficient (Wildman–Crippen LogP) is 3.89. The number of phenols is 1. The van der Waals surface area contributed by atoms with Crippen molar-refractivity contribution in [2.75, 3.05) is 0 Å². The monoisotopic (exact) mass is 408 g/mol. The van der Waals surface area contributed by atoms with E-state index in [1.807, 2.05) is 18.3 Å². The zero-order chi connectivity index (χ0) is 21.2. The number of alkyl halides is 3. The van der Waals surface area contributed by atoms with Crippen molar-refractivity contribution in [3.8, 4) is 22.7 Å². The highest BCUT2D eigenvalue weighted by molar-refractivity contribution is 5.84. The third-order valence-electron chi connectivity index (χ3n) is 3.75. The first-order valence-electron chi connectivity index (χ1n) is 7.94. The van der Waals surface area contributed by atoms with Gasteiger partial charge in [-0.3, -0.25) is 0 Å². The van der Waals surface area contributed by atoms with Crippen LogP contribution in [0.2, 0.25) is 0 Å². The van der Waals surface area contributed by atoms with Gasteiger partial charge in [-0.2, -0.15) is 18.3 Å². The standard InChI is InChI=1S/C16H11FN4O.C2HF3O2/c17-10-1-2-15(22)12(9-10)13-5-8-21(20-13)14-4-7-19-16-11(14)3-6-18-16;3-2(4,5)1(6)7/h1-9,22H,(H,18,19);(H,6,7). The van der Waals surface area contributed by atoms with Crippen molar-refractivity contribution in [1.82, 2.24) is 19.7 Å². The van der Waals surface area contributed by atoms with Gasteiger partial charge in [-0.15, -0.1) is 0 Å². The quantitative estimate of drug-likeness (QED) is 0.437. The Labute approximate surface area is 159 Å². The molecule has 3 heterocycles. The van der Waals surface area contributed by atoms with Gasteiger partial charge in [0.05, 0.1) is 11.4 Å². The molecule has 0 aliphatic heterocycles. The molecule has 0 saturated heterocycles. The summed E-state index contributed by atoms with van der Waals surface area (Å²) in [5.41, 5.74) is 2.48. The topological polar surface area (TPSA) is 104 Å². The van der Waals surface area contributed by atoms with Gasteiger partial charge in [0.1, 0.15) is 17.2 Å². The molecule has 0 radical (unpaired) electrons. The zero-order valence-electron chi connectivity index (χ0n) is 14.4. The number of fused-ring (bicyclic) bond motifs is 1. The molecule has 29 heavy (non-hydrogen) atoms. The van der Waals surface area contributed by atoms with Gasteiger partial charge < -0.3 is 15.2 Å². The molecule has 3 N–H and O–H groups in total.